The van der Waals surface area contributed by atoms with E-state index < -0.39 is 0 Å². The standard InChI is InChI=1S/C13H23N3S2/c1-5-11-8-16(6-7-17-11)13-15-10(3)12(18-13)9(2)14-4/h9,11,14H,5-8H2,1-4H3. The van der Waals surface area contributed by atoms with Crippen molar-refractivity contribution in [1.29, 1.82) is 0 Å². The summed E-state index contributed by atoms with van der Waals surface area (Å²) in [4.78, 5) is 8.61. The fourth-order valence-electron chi connectivity index (χ4n) is 2.20. The lowest BCUT2D eigenvalue weighted by Crippen LogP contribution is -2.37. The van der Waals surface area contributed by atoms with Crippen molar-refractivity contribution in [1.82, 2.24) is 10.3 Å². The molecule has 1 aliphatic heterocycles. The highest BCUT2D eigenvalue weighted by Gasteiger charge is 2.23. The van der Waals surface area contributed by atoms with Crippen molar-refractivity contribution in [3.8, 4) is 0 Å². The van der Waals surface area contributed by atoms with Gasteiger partial charge in [0, 0.05) is 35.0 Å². The summed E-state index contributed by atoms with van der Waals surface area (Å²) >= 11 is 3.96. The second kappa shape index (κ2) is 6.26. The Labute approximate surface area is 118 Å². The van der Waals surface area contributed by atoms with Gasteiger partial charge in [0.25, 0.3) is 0 Å². The molecular formula is C13H23N3S2. The first kappa shape index (κ1) is 14.2. The summed E-state index contributed by atoms with van der Waals surface area (Å²) in [5, 5.41) is 5.29. The minimum Gasteiger partial charge on any atom is -0.346 e. The predicted molar refractivity (Wildman–Crippen MR) is 83.1 cm³/mol. The lowest BCUT2D eigenvalue weighted by atomic mass is 10.2. The van der Waals surface area contributed by atoms with E-state index in [1.807, 2.05) is 18.4 Å². The predicted octanol–water partition coefficient (Wildman–Crippen LogP) is 3.06. The monoisotopic (exact) mass is 285 g/mol. The number of aryl methyl sites for hydroxylation is 1. The van der Waals surface area contributed by atoms with Crippen LogP contribution in [0.15, 0.2) is 0 Å². The molecule has 2 heterocycles. The van der Waals surface area contributed by atoms with E-state index in [0.29, 0.717) is 6.04 Å². The zero-order valence-corrected chi connectivity index (χ0v) is 13.3. The molecule has 0 saturated carbocycles. The first-order chi connectivity index (χ1) is 8.65. The summed E-state index contributed by atoms with van der Waals surface area (Å²) in [5.74, 6) is 1.23. The van der Waals surface area contributed by atoms with Gasteiger partial charge in [0.1, 0.15) is 0 Å². The van der Waals surface area contributed by atoms with Crippen molar-refractivity contribution in [2.24, 2.45) is 0 Å². The molecule has 0 radical (unpaired) electrons. The van der Waals surface area contributed by atoms with Gasteiger partial charge in [-0.3, -0.25) is 0 Å². The number of thioether (sulfide) groups is 1. The van der Waals surface area contributed by atoms with Gasteiger partial charge >= 0.3 is 0 Å². The Hall–Kier alpha value is -0.260. The van der Waals surface area contributed by atoms with E-state index >= 15 is 0 Å². The molecule has 0 bridgehead atoms. The molecule has 0 aliphatic carbocycles. The molecule has 1 N–H and O–H groups in total. The molecule has 5 heteroatoms. The van der Waals surface area contributed by atoms with E-state index in [0.717, 1.165) is 18.3 Å². The average Bonchev–Trinajstić information content (AvgIpc) is 2.80. The van der Waals surface area contributed by atoms with Crippen LogP contribution < -0.4 is 10.2 Å². The van der Waals surface area contributed by atoms with Gasteiger partial charge in [-0.1, -0.05) is 6.92 Å². The van der Waals surface area contributed by atoms with Gasteiger partial charge in [-0.05, 0) is 27.3 Å². The van der Waals surface area contributed by atoms with Crippen LogP contribution in [0.2, 0.25) is 0 Å². The molecule has 2 unspecified atom stereocenters. The van der Waals surface area contributed by atoms with Crippen LogP contribution in [-0.2, 0) is 0 Å². The van der Waals surface area contributed by atoms with Crippen molar-refractivity contribution >= 4 is 28.2 Å². The van der Waals surface area contributed by atoms with Gasteiger partial charge in [0.05, 0.1) is 5.69 Å². The molecule has 1 aromatic rings. The van der Waals surface area contributed by atoms with Crippen molar-refractivity contribution in [3.05, 3.63) is 10.6 Å². The van der Waals surface area contributed by atoms with Crippen LogP contribution in [0.3, 0.4) is 0 Å². The third kappa shape index (κ3) is 3.00. The molecule has 1 saturated heterocycles. The van der Waals surface area contributed by atoms with E-state index in [1.165, 1.54) is 27.9 Å². The number of aromatic nitrogens is 1. The summed E-state index contributed by atoms with van der Waals surface area (Å²) < 4.78 is 0. The molecule has 18 heavy (non-hydrogen) atoms. The fraction of sp³-hybridized carbons (Fsp3) is 0.769. The van der Waals surface area contributed by atoms with Gasteiger partial charge in [0.15, 0.2) is 5.13 Å². The lowest BCUT2D eigenvalue weighted by molar-refractivity contribution is 0.658. The van der Waals surface area contributed by atoms with Gasteiger partial charge in [-0.2, -0.15) is 11.8 Å². The van der Waals surface area contributed by atoms with E-state index in [9.17, 15) is 0 Å². The molecule has 1 aromatic heterocycles. The Morgan fingerprint density at radius 2 is 2.33 bits per heavy atom. The maximum absolute atomic E-state index is 4.77. The molecule has 1 aliphatic rings. The number of hydrogen-bond acceptors (Lipinski definition) is 5. The van der Waals surface area contributed by atoms with E-state index in [2.05, 4.69) is 42.7 Å². The van der Waals surface area contributed by atoms with Crippen molar-refractivity contribution in [3.63, 3.8) is 0 Å². The SMILES string of the molecule is CCC1CN(c2nc(C)c(C(C)NC)s2)CCS1. The molecule has 0 aromatic carbocycles. The highest BCUT2D eigenvalue weighted by atomic mass is 32.2. The van der Waals surface area contributed by atoms with Gasteiger partial charge in [0.2, 0.25) is 0 Å². The summed E-state index contributed by atoms with van der Waals surface area (Å²) in [6.45, 7) is 8.90. The van der Waals surface area contributed by atoms with E-state index in [4.69, 9.17) is 4.98 Å². The number of nitrogens with one attached hydrogen (secondary N) is 1. The van der Waals surface area contributed by atoms with E-state index in [-0.39, 0.29) is 0 Å². The van der Waals surface area contributed by atoms with Crippen LogP contribution in [0.4, 0.5) is 5.13 Å². The topological polar surface area (TPSA) is 28.2 Å². The maximum atomic E-state index is 4.77. The maximum Gasteiger partial charge on any atom is 0.185 e. The molecule has 1 fully saturated rings. The summed E-state index contributed by atoms with van der Waals surface area (Å²) in [6.07, 6.45) is 1.26. The van der Waals surface area contributed by atoms with Crippen LogP contribution in [0.1, 0.15) is 36.9 Å². The largest absolute Gasteiger partial charge is 0.346 e. The zero-order chi connectivity index (χ0) is 13.1. The third-order valence-electron chi connectivity index (χ3n) is 3.51. The highest BCUT2D eigenvalue weighted by molar-refractivity contribution is 8.00. The molecule has 2 atom stereocenters. The van der Waals surface area contributed by atoms with Crippen LogP contribution >= 0.6 is 23.1 Å². The first-order valence-corrected chi connectivity index (χ1v) is 8.53. The number of hydrogen-bond donors (Lipinski definition) is 1. The second-order valence-corrected chi connectivity index (χ2v) is 7.22. The Morgan fingerprint density at radius 1 is 1.56 bits per heavy atom. The van der Waals surface area contributed by atoms with Crippen LogP contribution in [0, 0.1) is 6.92 Å². The number of anilines is 1. The van der Waals surface area contributed by atoms with Gasteiger partial charge in [-0.15, -0.1) is 11.3 Å². The number of thiazole rings is 1. The van der Waals surface area contributed by atoms with Gasteiger partial charge < -0.3 is 10.2 Å². The summed E-state index contributed by atoms with van der Waals surface area (Å²) in [6, 6.07) is 0.400. The molecular weight excluding hydrogens is 262 g/mol. The average molecular weight is 285 g/mol. The van der Waals surface area contributed by atoms with Crippen molar-refractivity contribution < 1.29 is 0 Å². The fourth-order valence-corrected chi connectivity index (χ4v) is 4.54. The van der Waals surface area contributed by atoms with Crippen molar-refractivity contribution in [2.45, 2.75) is 38.5 Å². The molecule has 0 spiro atoms. The molecule has 0 amide bonds. The van der Waals surface area contributed by atoms with E-state index in [1.54, 1.807) is 0 Å². The van der Waals surface area contributed by atoms with Crippen molar-refractivity contribution in [2.75, 3.05) is 30.8 Å². The van der Waals surface area contributed by atoms with Crippen LogP contribution in [-0.4, -0.2) is 36.1 Å². The van der Waals surface area contributed by atoms with Crippen LogP contribution in [0.5, 0.6) is 0 Å². The number of nitrogens with zero attached hydrogens (tertiary/aromatic N) is 2. The molecule has 102 valence electrons. The lowest BCUT2D eigenvalue weighted by Gasteiger charge is -2.31. The smallest absolute Gasteiger partial charge is 0.185 e. The Kier molecular flexibility index (Phi) is 4.92. The van der Waals surface area contributed by atoms with Gasteiger partial charge in [-0.25, -0.2) is 4.98 Å². The number of rotatable bonds is 4. The quantitative estimate of drug-likeness (QED) is 0.920. The third-order valence-corrected chi connectivity index (χ3v) is 6.29. The second-order valence-electron chi connectivity index (χ2n) is 4.80. The Bertz CT molecular complexity index is 392. The molecule has 2 rings (SSSR count). The summed E-state index contributed by atoms with van der Waals surface area (Å²) in [5.41, 5.74) is 1.18. The minimum atomic E-state index is 0.400. The first-order valence-electron chi connectivity index (χ1n) is 6.66. The zero-order valence-electron chi connectivity index (χ0n) is 11.7. The summed E-state index contributed by atoms with van der Waals surface area (Å²) in [7, 11) is 2.01. The minimum absolute atomic E-state index is 0.400. The van der Waals surface area contributed by atoms with Crippen LogP contribution in [0.25, 0.3) is 0 Å². The Morgan fingerprint density at radius 3 is 3.00 bits per heavy atom. The molecule has 3 nitrogen and oxygen atoms in total. The highest BCUT2D eigenvalue weighted by Crippen LogP contribution is 2.33. The Balaban J connectivity index is 2.13. The normalized spacial score (nSPS) is 22.2.